The summed E-state index contributed by atoms with van der Waals surface area (Å²) in [4.78, 5) is 15.3. The van der Waals surface area contributed by atoms with E-state index < -0.39 is 0 Å². The van der Waals surface area contributed by atoms with Crippen molar-refractivity contribution >= 4 is 21.7 Å². The SMILES string of the molecule is Cc1ccc2[nH]c(=O)c(-[n+]3ccc4ccccc4c3)c(O)c2c1. The van der Waals surface area contributed by atoms with Gasteiger partial charge in [-0.2, -0.15) is 4.57 Å². The summed E-state index contributed by atoms with van der Waals surface area (Å²) in [6.07, 6.45) is 3.63. The number of benzene rings is 2. The molecule has 4 heteroatoms. The van der Waals surface area contributed by atoms with Crippen molar-refractivity contribution in [1.82, 2.24) is 4.98 Å². The number of pyridine rings is 2. The summed E-state index contributed by atoms with van der Waals surface area (Å²) in [6, 6.07) is 15.4. The van der Waals surface area contributed by atoms with E-state index in [1.165, 1.54) is 0 Å². The summed E-state index contributed by atoms with van der Waals surface area (Å²) < 4.78 is 1.66. The molecule has 0 saturated heterocycles. The van der Waals surface area contributed by atoms with Crippen molar-refractivity contribution in [2.24, 2.45) is 0 Å². The average molecular weight is 303 g/mol. The molecule has 0 radical (unpaired) electrons. The minimum absolute atomic E-state index is 0.00673. The Morgan fingerprint density at radius 1 is 1.04 bits per heavy atom. The highest BCUT2D eigenvalue weighted by molar-refractivity contribution is 5.87. The number of aryl methyl sites for hydroxylation is 1. The van der Waals surface area contributed by atoms with Crippen molar-refractivity contribution in [1.29, 1.82) is 0 Å². The molecule has 2 N–H and O–H groups in total. The molecule has 0 aliphatic rings. The first-order valence-electron chi connectivity index (χ1n) is 7.39. The first-order chi connectivity index (χ1) is 11.1. The minimum Gasteiger partial charge on any atom is -0.502 e. The molecule has 0 atom stereocenters. The van der Waals surface area contributed by atoms with E-state index in [1.807, 2.05) is 55.6 Å². The molecule has 0 aliphatic heterocycles. The van der Waals surface area contributed by atoms with E-state index in [-0.39, 0.29) is 17.0 Å². The molecule has 4 aromatic rings. The Morgan fingerprint density at radius 2 is 1.83 bits per heavy atom. The van der Waals surface area contributed by atoms with Gasteiger partial charge in [-0.1, -0.05) is 29.8 Å². The fraction of sp³-hybridized carbons (Fsp3) is 0.0526. The molecule has 2 aromatic heterocycles. The maximum absolute atomic E-state index is 12.4. The Bertz CT molecular complexity index is 1110. The number of aromatic hydroxyl groups is 1. The van der Waals surface area contributed by atoms with Crippen LogP contribution in [0.1, 0.15) is 5.56 Å². The van der Waals surface area contributed by atoms with Gasteiger partial charge in [0.05, 0.1) is 5.52 Å². The molecule has 2 aromatic carbocycles. The summed E-state index contributed by atoms with van der Waals surface area (Å²) in [5, 5.41) is 13.4. The number of hydrogen-bond donors (Lipinski definition) is 2. The van der Waals surface area contributed by atoms with Gasteiger partial charge in [0.1, 0.15) is 0 Å². The number of aromatic nitrogens is 2. The summed E-state index contributed by atoms with van der Waals surface area (Å²) in [6.45, 7) is 1.95. The number of aromatic amines is 1. The van der Waals surface area contributed by atoms with Gasteiger partial charge in [-0.25, -0.2) is 0 Å². The third-order valence-corrected chi connectivity index (χ3v) is 4.06. The van der Waals surface area contributed by atoms with Crippen LogP contribution in [0.5, 0.6) is 5.75 Å². The Hall–Kier alpha value is -3.14. The molecule has 0 unspecified atom stereocenters. The van der Waals surface area contributed by atoms with Crippen molar-refractivity contribution in [3.8, 4) is 11.4 Å². The van der Waals surface area contributed by atoms with Crippen LogP contribution in [-0.4, -0.2) is 10.1 Å². The summed E-state index contributed by atoms with van der Waals surface area (Å²) in [5.74, 6) is -0.00673. The molecule has 0 saturated carbocycles. The molecule has 0 amide bonds. The highest BCUT2D eigenvalue weighted by atomic mass is 16.3. The predicted molar refractivity (Wildman–Crippen MR) is 90.0 cm³/mol. The van der Waals surface area contributed by atoms with E-state index in [0.717, 1.165) is 16.3 Å². The molecule has 2 heterocycles. The van der Waals surface area contributed by atoms with Crippen molar-refractivity contribution < 1.29 is 9.67 Å². The number of hydrogen-bond acceptors (Lipinski definition) is 2. The zero-order valence-electron chi connectivity index (χ0n) is 12.6. The van der Waals surface area contributed by atoms with Crippen molar-refractivity contribution in [3.63, 3.8) is 0 Å². The molecular weight excluding hydrogens is 288 g/mol. The normalized spacial score (nSPS) is 11.2. The Labute approximate surface area is 132 Å². The lowest BCUT2D eigenvalue weighted by Gasteiger charge is -2.05. The number of H-pyrrole nitrogens is 1. The number of nitrogens with zero attached hydrogens (tertiary/aromatic N) is 1. The highest BCUT2D eigenvalue weighted by Gasteiger charge is 2.21. The molecule has 23 heavy (non-hydrogen) atoms. The predicted octanol–water partition coefficient (Wildman–Crippen LogP) is 2.97. The van der Waals surface area contributed by atoms with Gasteiger partial charge in [0, 0.05) is 16.8 Å². The first-order valence-corrected chi connectivity index (χ1v) is 7.39. The smallest absolute Gasteiger partial charge is 0.325 e. The second-order valence-electron chi connectivity index (χ2n) is 5.68. The Balaban J connectivity index is 2.05. The van der Waals surface area contributed by atoms with E-state index in [1.54, 1.807) is 16.8 Å². The molecule has 0 bridgehead atoms. The summed E-state index contributed by atoms with van der Waals surface area (Å²) in [7, 11) is 0. The molecule has 0 fully saturated rings. The summed E-state index contributed by atoms with van der Waals surface area (Å²) in [5.41, 5.74) is 1.56. The summed E-state index contributed by atoms with van der Waals surface area (Å²) >= 11 is 0. The van der Waals surface area contributed by atoms with Crippen LogP contribution >= 0.6 is 0 Å². The quantitative estimate of drug-likeness (QED) is 0.531. The van der Waals surface area contributed by atoms with E-state index >= 15 is 0 Å². The second-order valence-corrected chi connectivity index (χ2v) is 5.68. The van der Waals surface area contributed by atoms with Crippen LogP contribution in [0.3, 0.4) is 0 Å². The topological polar surface area (TPSA) is 57.0 Å². The Kier molecular flexibility index (Phi) is 2.91. The van der Waals surface area contributed by atoms with E-state index in [2.05, 4.69) is 4.98 Å². The van der Waals surface area contributed by atoms with Crippen molar-refractivity contribution in [2.75, 3.05) is 0 Å². The van der Waals surface area contributed by atoms with Gasteiger partial charge >= 0.3 is 11.2 Å². The van der Waals surface area contributed by atoms with Gasteiger partial charge in [0.2, 0.25) is 5.75 Å². The van der Waals surface area contributed by atoms with Gasteiger partial charge in [-0.05, 0) is 30.5 Å². The van der Waals surface area contributed by atoms with Gasteiger partial charge in [-0.3, -0.25) is 4.79 Å². The zero-order chi connectivity index (χ0) is 16.0. The molecule has 4 rings (SSSR count). The van der Waals surface area contributed by atoms with E-state index in [4.69, 9.17) is 0 Å². The van der Waals surface area contributed by atoms with Crippen molar-refractivity contribution in [3.05, 3.63) is 76.8 Å². The van der Waals surface area contributed by atoms with Crippen molar-refractivity contribution in [2.45, 2.75) is 6.92 Å². The number of fused-ring (bicyclic) bond motifs is 2. The zero-order valence-corrected chi connectivity index (χ0v) is 12.6. The molecule has 4 nitrogen and oxygen atoms in total. The minimum atomic E-state index is -0.320. The largest absolute Gasteiger partial charge is 0.502 e. The molecule has 0 spiro atoms. The second kappa shape index (κ2) is 4.95. The third kappa shape index (κ3) is 2.16. The monoisotopic (exact) mass is 303 g/mol. The third-order valence-electron chi connectivity index (χ3n) is 4.06. The molecular formula is C19H15N2O2+. The Morgan fingerprint density at radius 3 is 2.65 bits per heavy atom. The first kappa shape index (κ1) is 13.5. The standard InChI is InChI=1S/C19H14N2O2/c1-12-6-7-16-15(10-12)18(22)17(19(23)20-16)21-9-8-13-4-2-3-5-14(13)11-21/h2-11H,1H3,(H-,20,22,23)/p+1. The lowest BCUT2D eigenvalue weighted by molar-refractivity contribution is -0.595. The number of nitrogens with one attached hydrogen (secondary N) is 1. The fourth-order valence-electron chi connectivity index (χ4n) is 2.89. The van der Waals surface area contributed by atoms with E-state index in [0.29, 0.717) is 10.9 Å². The van der Waals surface area contributed by atoms with Crippen LogP contribution in [0.4, 0.5) is 0 Å². The fourth-order valence-corrected chi connectivity index (χ4v) is 2.89. The highest BCUT2D eigenvalue weighted by Crippen LogP contribution is 2.26. The van der Waals surface area contributed by atoms with Crippen LogP contribution in [-0.2, 0) is 0 Å². The van der Waals surface area contributed by atoms with Crippen LogP contribution < -0.4 is 10.1 Å². The van der Waals surface area contributed by atoms with Gasteiger partial charge in [-0.15, -0.1) is 0 Å². The van der Waals surface area contributed by atoms with Crippen LogP contribution in [0, 0.1) is 6.92 Å². The van der Waals surface area contributed by atoms with Gasteiger partial charge in [0.25, 0.3) is 0 Å². The molecule has 112 valence electrons. The lowest BCUT2D eigenvalue weighted by Crippen LogP contribution is -2.36. The number of rotatable bonds is 1. The van der Waals surface area contributed by atoms with Crippen LogP contribution in [0.15, 0.2) is 65.7 Å². The van der Waals surface area contributed by atoms with E-state index in [9.17, 15) is 9.90 Å². The average Bonchev–Trinajstić information content (AvgIpc) is 2.56. The van der Waals surface area contributed by atoms with Gasteiger partial charge in [0.15, 0.2) is 12.4 Å². The van der Waals surface area contributed by atoms with Gasteiger partial charge < -0.3 is 10.1 Å². The van der Waals surface area contributed by atoms with Crippen LogP contribution in [0.2, 0.25) is 0 Å². The maximum Gasteiger partial charge on any atom is 0.325 e. The molecule has 0 aliphatic carbocycles. The van der Waals surface area contributed by atoms with Crippen LogP contribution in [0.25, 0.3) is 27.4 Å². The maximum atomic E-state index is 12.4. The lowest BCUT2D eigenvalue weighted by atomic mass is 10.1.